The van der Waals surface area contributed by atoms with Gasteiger partial charge in [0.05, 0.1) is 8.80 Å². The number of benzene rings is 4. The highest BCUT2D eigenvalue weighted by atomic mass is 28.3. The summed E-state index contributed by atoms with van der Waals surface area (Å²) in [4.78, 5) is 0. The van der Waals surface area contributed by atoms with Crippen LogP contribution in [0.5, 0.6) is 0 Å². The van der Waals surface area contributed by atoms with Crippen LogP contribution in [-0.4, -0.2) is 8.80 Å². The van der Waals surface area contributed by atoms with Gasteiger partial charge in [-0.2, -0.15) is 0 Å². The first-order chi connectivity index (χ1) is 14.2. The van der Waals surface area contributed by atoms with Crippen LogP contribution in [0.2, 0.25) is 13.1 Å². The van der Waals surface area contributed by atoms with Gasteiger partial charge in [-0.25, -0.2) is 0 Å². The van der Waals surface area contributed by atoms with Crippen LogP contribution in [-0.2, 0) is 12.8 Å². The maximum absolute atomic E-state index is 2.41. The second kappa shape index (κ2) is 6.30. The van der Waals surface area contributed by atoms with Crippen molar-refractivity contribution in [1.29, 1.82) is 0 Å². The van der Waals surface area contributed by atoms with Crippen LogP contribution in [0.15, 0.2) is 78.9 Å². The van der Waals surface area contributed by atoms with E-state index in [4.69, 9.17) is 0 Å². The normalized spacial score (nSPS) is 13.2. The van der Waals surface area contributed by atoms with Gasteiger partial charge >= 0.3 is 0 Å². The molecule has 0 spiro atoms. The Morgan fingerprint density at radius 3 is 1.83 bits per heavy atom. The quantitative estimate of drug-likeness (QED) is 0.284. The first kappa shape index (κ1) is 17.0. The molecule has 29 heavy (non-hydrogen) atoms. The van der Waals surface area contributed by atoms with Crippen LogP contribution in [0.1, 0.15) is 22.3 Å². The molecule has 0 unspecified atom stereocenters. The standard InChI is InChI=1S/C15H13Si.C13H10/c1-16(2)15-12-5-6-13-11-4-3-9(12)7-10(11)8-14(13)15;1-3-7-12-10(5-1)9-11-6-2-4-8-13(11)12/h3-7H,8H2,1-2H3;1-8H,9H2. The fraction of sp³-hybridized carbons (Fsp3) is 0.143. The topological polar surface area (TPSA) is 0 Å². The number of rotatable bonds is 1. The third-order valence-corrected chi connectivity index (χ3v) is 8.16. The molecule has 0 heterocycles. The minimum atomic E-state index is -0.374. The predicted octanol–water partition coefficient (Wildman–Crippen LogP) is 6.46. The lowest BCUT2D eigenvalue weighted by Gasteiger charge is -2.18. The zero-order chi connectivity index (χ0) is 19.5. The van der Waals surface area contributed by atoms with E-state index < -0.39 is 0 Å². The highest BCUT2D eigenvalue weighted by molar-refractivity contribution is 6.73. The Balaban J connectivity index is 0.000000117. The molecule has 1 radical (unpaired) electrons. The van der Waals surface area contributed by atoms with E-state index in [1.807, 2.05) is 0 Å². The van der Waals surface area contributed by atoms with Gasteiger partial charge in [0, 0.05) is 0 Å². The van der Waals surface area contributed by atoms with E-state index >= 15 is 0 Å². The zero-order valence-corrected chi connectivity index (χ0v) is 17.9. The lowest BCUT2D eigenvalue weighted by molar-refractivity contribution is 1.26. The second-order valence-corrected chi connectivity index (χ2v) is 11.1. The van der Waals surface area contributed by atoms with Crippen molar-refractivity contribution in [2.24, 2.45) is 0 Å². The van der Waals surface area contributed by atoms with Crippen molar-refractivity contribution in [2.75, 3.05) is 0 Å². The molecule has 0 aromatic heterocycles. The maximum Gasteiger partial charge on any atom is 0.0804 e. The molecule has 3 aliphatic carbocycles. The fourth-order valence-electron chi connectivity index (χ4n) is 5.34. The van der Waals surface area contributed by atoms with Crippen LogP contribution >= 0.6 is 0 Å². The Morgan fingerprint density at radius 2 is 1.14 bits per heavy atom. The van der Waals surface area contributed by atoms with Crippen molar-refractivity contribution in [2.45, 2.75) is 25.9 Å². The molecule has 0 amide bonds. The van der Waals surface area contributed by atoms with Gasteiger partial charge in [-0.3, -0.25) is 0 Å². The highest BCUT2D eigenvalue weighted by Gasteiger charge is 2.28. The van der Waals surface area contributed by atoms with Crippen molar-refractivity contribution < 1.29 is 0 Å². The van der Waals surface area contributed by atoms with E-state index in [9.17, 15) is 0 Å². The van der Waals surface area contributed by atoms with Gasteiger partial charge in [-0.1, -0.05) is 97.1 Å². The molecule has 0 atom stereocenters. The van der Waals surface area contributed by atoms with Gasteiger partial charge in [0.25, 0.3) is 0 Å². The molecular weight excluding hydrogens is 364 g/mol. The lowest BCUT2D eigenvalue weighted by Crippen LogP contribution is -2.28. The summed E-state index contributed by atoms with van der Waals surface area (Å²) in [7, 11) is -0.374. The summed E-state index contributed by atoms with van der Waals surface area (Å²) in [6.07, 6.45) is 2.28. The van der Waals surface area contributed by atoms with Gasteiger partial charge < -0.3 is 0 Å². The lowest BCUT2D eigenvalue weighted by atomic mass is 9.94. The average Bonchev–Trinajstić information content (AvgIpc) is 3.27. The average molecular weight is 388 g/mol. The summed E-state index contributed by atoms with van der Waals surface area (Å²) in [6, 6.07) is 29.0. The molecule has 0 nitrogen and oxygen atoms in total. The van der Waals surface area contributed by atoms with Crippen LogP contribution in [0.3, 0.4) is 0 Å². The van der Waals surface area contributed by atoms with E-state index in [1.165, 1.54) is 50.9 Å². The third-order valence-electron chi connectivity index (χ3n) is 6.59. The Labute approximate surface area is 174 Å². The summed E-state index contributed by atoms with van der Waals surface area (Å²) < 4.78 is 0. The number of hydrogen-bond acceptors (Lipinski definition) is 0. The minimum Gasteiger partial charge on any atom is -0.0671 e. The van der Waals surface area contributed by atoms with Crippen molar-refractivity contribution >= 4 is 14.0 Å². The molecule has 1 heteroatoms. The molecule has 3 aliphatic rings. The Morgan fingerprint density at radius 1 is 0.552 bits per heavy atom. The number of fused-ring (bicyclic) bond motifs is 7. The van der Waals surface area contributed by atoms with Crippen molar-refractivity contribution in [1.82, 2.24) is 0 Å². The van der Waals surface area contributed by atoms with Gasteiger partial charge in [0.15, 0.2) is 0 Å². The fourth-order valence-corrected chi connectivity index (χ4v) is 6.93. The van der Waals surface area contributed by atoms with Gasteiger partial charge in [-0.05, 0) is 68.5 Å². The second-order valence-electron chi connectivity index (χ2n) is 8.55. The molecule has 0 aliphatic heterocycles. The SMILES string of the molecule is C[Si](C)c1c2ccc3c1Cc1cc-2ccc1-3.c1ccc2c(c1)Cc1ccccc1-2. The summed E-state index contributed by atoms with van der Waals surface area (Å²) >= 11 is 0. The van der Waals surface area contributed by atoms with Crippen molar-refractivity contribution in [3.63, 3.8) is 0 Å². The molecule has 0 saturated heterocycles. The van der Waals surface area contributed by atoms with E-state index in [2.05, 4.69) is 92.0 Å². The molecule has 4 aromatic rings. The van der Waals surface area contributed by atoms with Crippen LogP contribution in [0.25, 0.3) is 33.4 Å². The largest absolute Gasteiger partial charge is 0.0804 e. The Bertz CT molecular complexity index is 1240. The summed E-state index contributed by atoms with van der Waals surface area (Å²) in [5.41, 5.74) is 14.9. The molecule has 4 aromatic carbocycles. The van der Waals surface area contributed by atoms with Crippen LogP contribution in [0.4, 0.5) is 0 Å². The predicted molar refractivity (Wildman–Crippen MR) is 125 cm³/mol. The smallest absolute Gasteiger partial charge is 0.0671 e. The Hall–Kier alpha value is -2.90. The summed E-state index contributed by atoms with van der Waals surface area (Å²) in [5, 5.41) is 1.68. The molecule has 7 rings (SSSR count). The molecule has 0 N–H and O–H groups in total. The molecule has 139 valence electrons. The summed E-state index contributed by atoms with van der Waals surface area (Å²) in [5.74, 6) is 0. The van der Waals surface area contributed by atoms with Crippen molar-refractivity contribution in [3.8, 4) is 33.4 Å². The van der Waals surface area contributed by atoms with E-state index in [0.717, 1.165) is 6.42 Å². The number of hydrogen-bond donors (Lipinski definition) is 0. The van der Waals surface area contributed by atoms with Gasteiger partial charge in [0.1, 0.15) is 0 Å². The summed E-state index contributed by atoms with van der Waals surface area (Å²) in [6.45, 7) is 4.82. The zero-order valence-electron chi connectivity index (χ0n) is 16.9. The molecule has 0 saturated carbocycles. The van der Waals surface area contributed by atoms with Gasteiger partial charge in [-0.15, -0.1) is 0 Å². The molecular formula is C28H23Si. The third kappa shape index (κ3) is 2.51. The van der Waals surface area contributed by atoms with Crippen LogP contribution in [0, 0.1) is 0 Å². The maximum atomic E-state index is 2.41. The molecule has 4 bridgehead atoms. The minimum absolute atomic E-state index is 0.374. The van der Waals surface area contributed by atoms with Crippen LogP contribution < -0.4 is 5.19 Å². The first-order valence-electron chi connectivity index (χ1n) is 10.5. The van der Waals surface area contributed by atoms with Crippen molar-refractivity contribution in [3.05, 3.63) is 101 Å². The Kier molecular flexibility index (Phi) is 3.69. The van der Waals surface area contributed by atoms with E-state index in [1.54, 1.807) is 16.3 Å². The van der Waals surface area contributed by atoms with E-state index in [0.29, 0.717) is 0 Å². The van der Waals surface area contributed by atoms with Gasteiger partial charge in [0.2, 0.25) is 0 Å². The molecule has 0 fully saturated rings. The first-order valence-corrected chi connectivity index (χ1v) is 13.0. The van der Waals surface area contributed by atoms with E-state index in [-0.39, 0.29) is 8.80 Å². The highest BCUT2D eigenvalue weighted by Crippen LogP contribution is 2.42. The monoisotopic (exact) mass is 387 g/mol.